The molecule has 1 aliphatic rings. The van der Waals surface area contributed by atoms with Gasteiger partial charge in [0, 0.05) is 27.7 Å². The molecule has 1 atom stereocenters. The van der Waals surface area contributed by atoms with Gasteiger partial charge in [-0.05, 0) is 29.8 Å². The van der Waals surface area contributed by atoms with Crippen LogP contribution in [0.1, 0.15) is 21.5 Å². The maximum atomic E-state index is 12.3. The molecule has 0 radical (unpaired) electrons. The number of rotatable bonds is 2. The number of aliphatic hydroxyl groups is 1. The summed E-state index contributed by atoms with van der Waals surface area (Å²) < 4.78 is 0.943. The summed E-state index contributed by atoms with van der Waals surface area (Å²) in [6.07, 6.45) is 1.50. The Hall–Kier alpha value is -1.62. The highest BCUT2D eigenvalue weighted by molar-refractivity contribution is 9.10. The summed E-state index contributed by atoms with van der Waals surface area (Å²) in [5.41, 5.74) is 0.253. The number of halogens is 2. The van der Waals surface area contributed by atoms with Crippen LogP contribution < -0.4 is 0 Å². The minimum Gasteiger partial charge on any atom is -0.363 e. The van der Waals surface area contributed by atoms with Crippen LogP contribution in [0.15, 0.2) is 59.1 Å². The van der Waals surface area contributed by atoms with Gasteiger partial charge in [-0.1, -0.05) is 57.9 Å². The Bertz CT molecular complexity index is 772. The largest absolute Gasteiger partial charge is 0.363 e. The predicted molar refractivity (Wildman–Crippen MR) is 90.4 cm³/mol. The van der Waals surface area contributed by atoms with Gasteiger partial charge in [-0.2, -0.15) is 0 Å². The Labute approximate surface area is 142 Å². The Kier molecular flexibility index (Phi) is 3.85. The molecule has 0 aliphatic carbocycles. The summed E-state index contributed by atoms with van der Waals surface area (Å²) in [4.78, 5) is 13.6. The lowest BCUT2D eigenvalue weighted by molar-refractivity contribution is -0.0299. The number of nitrogens with zero attached hydrogens (tertiary/aromatic N) is 1. The summed E-state index contributed by atoms with van der Waals surface area (Å²) >= 11 is 9.72. The van der Waals surface area contributed by atoms with E-state index in [9.17, 15) is 9.90 Å². The highest BCUT2D eigenvalue weighted by atomic mass is 79.9. The van der Waals surface area contributed by atoms with Gasteiger partial charge in [-0.15, -0.1) is 0 Å². The van der Waals surface area contributed by atoms with E-state index in [1.807, 2.05) is 24.3 Å². The number of hydrogen-bond acceptors (Lipinski definition) is 2. The number of hydrogen-bond donors (Lipinski definition) is 1. The van der Waals surface area contributed by atoms with Crippen LogP contribution in [0.4, 0.5) is 0 Å². The summed E-state index contributed by atoms with van der Waals surface area (Å²) in [7, 11) is 1.56. The summed E-state index contributed by atoms with van der Waals surface area (Å²) in [5, 5.41) is 11.4. The molecule has 2 aromatic carbocycles. The lowest BCUT2D eigenvalue weighted by Crippen LogP contribution is -2.39. The molecule has 0 saturated carbocycles. The summed E-state index contributed by atoms with van der Waals surface area (Å²) in [5.74, 6) is -0.227. The third kappa shape index (κ3) is 2.37. The van der Waals surface area contributed by atoms with Crippen molar-refractivity contribution in [3.63, 3.8) is 0 Å². The van der Waals surface area contributed by atoms with Gasteiger partial charge in [0.05, 0.1) is 0 Å². The van der Waals surface area contributed by atoms with Crippen molar-refractivity contribution in [1.29, 1.82) is 0 Å². The maximum absolute atomic E-state index is 12.3. The zero-order valence-electron chi connectivity index (χ0n) is 11.8. The first-order valence-electron chi connectivity index (χ1n) is 6.68. The average molecular weight is 379 g/mol. The van der Waals surface area contributed by atoms with Gasteiger partial charge in [0.25, 0.3) is 5.91 Å². The Morgan fingerprint density at radius 2 is 1.86 bits per heavy atom. The molecule has 0 spiro atoms. The number of carbonyl (C=O) groups excluding carboxylic acids is 1. The monoisotopic (exact) mass is 377 g/mol. The van der Waals surface area contributed by atoms with Gasteiger partial charge in [0.1, 0.15) is 0 Å². The normalized spacial score (nSPS) is 21.2. The molecule has 1 unspecified atom stereocenters. The quantitative estimate of drug-likeness (QED) is 0.859. The number of likely N-dealkylation sites (N-methyl/N-ethyl adjacent to an activating group) is 1. The van der Waals surface area contributed by atoms with E-state index in [2.05, 4.69) is 15.9 Å². The highest BCUT2D eigenvalue weighted by Gasteiger charge is 2.45. The van der Waals surface area contributed by atoms with E-state index in [1.165, 1.54) is 11.0 Å². The molecule has 1 heterocycles. The van der Waals surface area contributed by atoms with E-state index >= 15 is 0 Å². The molecule has 0 fully saturated rings. The molecule has 1 N–H and O–H groups in total. The fourth-order valence-corrected chi connectivity index (χ4v) is 3.09. The van der Waals surface area contributed by atoms with Crippen molar-refractivity contribution in [2.75, 3.05) is 7.05 Å². The molecule has 1 amide bonds. The van der Waals surface area contributed by atoms with Crippen molar-refractivity contribution in [3.8, 4) is 0 Å². The molecular weight excluding hydrogens is 366 g/mol. The molecule has 0 saturated heterocycles. The molecule has 112 valence electrons. The standard InChI is InChI=1S/C17H13BrClNO2/c1-20-16(21)13-4-2-3-5-14(13)17(20,22)10-15(19)11-6-8-12(18)9-7-11/h2-10,22H,1H3/b15-10+. The lowest BCUT2D eigenvalue weighted by Gasteiger charge is -2.28. The lowest BCUT2D eigenvalue weighted by atomic mass is 10.00. The predicted octanol–water partition coefficient (Wildman–Crippen LogP) is 3.96. The van der Waals surface area contributed by atoms with Gasteiger partial charge in [0.2, 0.25) is 0 Å². The van der Waals surface area contributed by atoms with Gasteiger partial charge in [-0.3, -0.25) is 4.79 Å². The van der Waals surface area contributed by atoms with Crippen molar-refractivity contribution in [1.82, 2.24) is 4.90 Å². The van der Waals surface area contributed by atoms with Crippen LogP contribution >= 0.6 is 27.5 Å². The van der Waals surface area contributed by atoms with Crippen LogP contribution in [-0.4, -0.2) is 23.0 Å². The van der Waals surface area contributed by atoms with Crippen LogP contribution in [0.5, 0.6) is 0 Å². The first kappa shape index (κ1) is 15.3. The van der Waals surface area contributed by atoms with E-state index in [4.69, 9.17) is 11.6 Å². The van der Waals surface area contributed by atoms with Crippen LogP contribution in [0.3, 0.4) is 0 Å². The van der Waals surface area contributed by atoms with Crippen molar-refractivity contribution in [2.45, 2.75) is 5.72 Å². The van der Waals surface area contributed by atoms with Gasteiger partial charge < -0.3 is 10.0 Å². The van der Waals surface area contributed by atoms with Crippen LogP contribution in [0.25, 0.3) is 5.03 Å². The Morgan fingerprint density at radius 3 is 2.55 bits per heavy atom. The number of fused-ring (bicyclic) bond motifs is 1. The van der Waals surface area contributed by atoms with Gasteiger partial charge in [0.15, 0.2) is 5.72 Å². The van der Waals surface area contributed by atoms with E-state index in [1.54, 1.807) is 31.3 Å². The SMILES string of the molecule is CN1C(=O)c2ccccc2C1(O)/C=C(/Cl)c1ccc(Br)cc1. The minimum absolute atomic E-state index is 0.227. The zero-order chi connectivity index (χ0) is 15.9. The van der Waals surface area contributed by atoms with Crippen molar-refractivity contribution in [3.05, 3.63) is 75.8 Å². The van der Waals surface area contributed by atoms with Crippen LogP contribution in [0, 0.1) is 0 Å². The fraction of sp³-hybridized carbons (Fsp3) is 0.118. The Morgan fingerprint density at radius 1 is 1.23 bits per heavy atom. The number of carbonyl (C=O) groups is 1. The second kappa shape index (κ2) is 5.54. The third-order valence-corrected chi connectivity index (χ3v) is 4.67. The molecule has 0 aromatic heterocycles. The molecule has 5 heteroatoms. The first-order chi connectivity index (χ1) is 10.4. The molecule has 1 aliphatic heterocycles. The average Bonchev–Trinajstić information content (AvgIpc) is 2.70. The van der Waals surface area contributed by atoms with E-state index < -0.39 is 5.72 Å². The Balaban J connectivity index is 2.08. The molecule has 3 nitrogen and oxygen atoms in total. The number of benzene rings is 2. The summed E-state index contributed by atoms with van der Waals surface area (Å²) in [6.45, 7) is 0. The fourth-order valence-electron chi connectivity index (χ4n) is 2.55. The zero-order valence-corrected chi connectivity index (χ0v) is 14.1. The summed E-state index contributed by atoms with van der Waals surface area (Å²) in [6, 6.07) is 14.4. The molecule has 3 rings (SSSR count). The van der Waals surface area contributed by atoms with Crippen molar-refractivity contribution in [2.24, 2.45) is 0 Å². The van der Waals surface area contributed by atoms with Crippen molar-refractivity contribution < 1.29 is 9.90 Å². The van der Waals surface area contributed by atoms with Crippen LogP contribution in [-0.2, 0) is 5.72 Å². The second-order valence-electron chi connectivity index (χ2n) is 5.14. The topological polar surface area (TPSA) is 40.5 Å². The third-order valence-electron chi connectivity index (χ3n) is 3.82. The van der Waals surface area contributed by atoms with Gasteiger partial charge >= 0.3 is 0 Å². The number of amides is 1. The second-order valence-corrected chi connectivity index (χ2v) is 6.46. The molecule has 2 aromatic rings. The molecule has 0 bridgehead atoms. The van der Waals surface area contributed by atoms with E-state index in [-0.39, 0.29) is 5.91 Å². The van der Waals surface area contributed by atoms with Gasteiger partial charge in [-0.25, -0.2) is 0 Å². The van der Waals surface area contributed by atoms with Crippen molar-refractivity contribution >= 4 is 38.5 Å². The highest BCUT2D eigenvalue weighted by Crippen LogP contribution is 2.39. The maximum Gasteiger partial charge on any atom is 0.256 e. The minimum atomic E-state index is -1.54. The van der Waals surface area contributed by atoms with E-state index in [0.29, 0.717) is 16.2 Å². The van der Waals surface area contributed by atoms with Crippen LogP contribution in [0.2, 0.25) is 0 Å². The first-order valence-corrected chi connectivity index (χ1v) is 7.85. The molecular formula is C17H13BrClNO2. The van der Waals surface area contributed by atoms with E-state index in [0.717, 1.165) is 10.0 Å². The molecule has 22 heavy (non-hydrogen) atoms. The smallest absolute Gasteiger partial charge is 0.256 e.